The molecule has 0 N–H and O–H groups in total. The van der Waals surface area contributed by atoms with Gasteiger partial charge in [-0.05, 0) is 31.4 Å². The van der Waals surface area contributed by atoms with Crippen molar-refractivity contribution in [3.8, 4) is 0 Å². The highest BCUT2D eigenvalue weighted by molar-refractivity contribution is 7.81. The maximum absolute atomic E-state index is 12.0. The van der Waals surface area contributed by atoms with Crippen molar-refractivity contribution in [2.75, 3.05) is 12.3 Å². The van der Waals surface area contributed by atoms with Crippen molar-refractivity contribution in [3.63, 3.8) is 0 Å². The first kappa shape index (κ1) is 16.7. The molecule has 1 amide bonds. The first-order valence-corrected chi connectivity index (χ1v) is 8.01. The Kier molecular flexibility index (Phi) is 8.37. The molecule has 0 aromatic carbocycles. The Bertz CT molecular complexity index is 289. The summed E-state index contributed by atoms with van der Waals surface area (Å²) in [7, 11) is 0. The molecule has 0 aliphatic carbocycles. The molecule has 4 nitrogen and oxygen atoms in total. The second kappa shape index (κ2) is 9.53. The van der Waals surface area contributed by atoms with Crippen LogP contribution in [0.15, 0.2) is 0 Å². The van der Waals surface area contributed by atoms with Crippen molar-refractivity contribution in [2.45, 2.75) is 56.4 Å². The summed E-state index contributed by atoms with van der Waals surface area (Å²) in [6.07, 6.45) is 5.74. The fourth-order valence-electron chi connectivity index (χ4n) is 2.32. The number of hydrogen-bond donors (Lipinski definition) is 2. The van der Waals surface area contributed by atoms with Crippen LogP contribution in [0.5, 0.6) is 0 Å². The monoisotopic (exact) mass is 305 g/mol. The Morgan fingerprint density at radius 2 is 2.21 bits per heavy atom. The van der Waals surface area contributed by atoms with Gasteiger partial charge >= 0.3 is 0 Å². The second-order valence-corrected chi connectivity index (χ2v) is 6.01. The van der Waals surface area contributed by atoms with Crippen molar-refractivity contribution in [1.82, 2.24) is 4.90 Å². The van der Waals surface area contributed by atoms with Gasteiger partial charge in [0.15, 0.2) is 6.23 Å². The van der Waals surface area contributed by atoms with Crippen molar-refractivity contribution >= 4 is 37.6 Å². The van der Waals surface area contributed by atoms with Crippen LogP contribution < -0.4 is 0 Å². The number of ether oxygens (including phenoxy) is 1. The van der Waals surface area contributed by atoms with E-state index < -0.39 is 0 Å². The number of thiol groups is 2. The molecule has 110 valence electrons. The SMILES string of the molecule is O=CO[C@@H]1CCCN1C(=O)CCCCC(S)CCS. The summed E-state index contributed by atoms with van der Waals surface area (Å²) in [6.45, 7) is 1.13. The molecular weight excluding hydrogens is 282 g/mol. The minimum absolute atomic E-state index is 0.0919. The summed E-state index contributed by atoms with van der Waals surface area (Å²) in [4.78, 5) is 24.0. The maximum Gasteiger partial charge on any atom is 0.295 e. The molecular formula is C13H23NO3S2. The van der Waals surface area contributed by atoms with E-state index in [1.54, 1.807) is 4.90 Å². The highest BCUT2D eigenvalue weighted by Gasteiger charge is 2.29. The van der Waals surface area contributed by atoms with Gasteiger partial charge in [0, 0.05) is 24.6 Å². The van der Waals surface area contributed by atoms with Crippen LogP contribution in [0.25, 0.3) is 0 Å². The molecule has 0 radical (unpaired) electrons. The van der Waals surface area contributed by atoms with Gasteiger partial charge in [-0.2, -0.15) is 25.3 Å². The van der Waals surface area contributed by atoms with E-state index in [1.807, 2.05) is 0 Å². The number of hydrogen-bond acceptors (Lipinski definition) is 5. The summed E-state index contributed by atoms with van der Waals surface area (Å²) in [6, 6.07) is 0. The molecule has 6 heteroatoms. The molecule has 1 aliphatic rings. The number of nitrogens with zero attached hydrogens (tertiary/aromatic N) is 1. The Labute approximate surface area is 126 Å². The van der Waals surface area contributed by atoms with Gasteiger partial charge in [0.05, 0.1) is 0 Å². The zero-order valence-electron chi connectivity index (χ0n) is 11.2. The lowest BCUT2D eigenvalue weighted by Gasteiger charge is -2.22. The normalized spacial score (nSPS) is 20.3. The summed E-state index contributed by atoms with van der Waals surface area (Å²) in [5.74, 6) is 0.945. The molecule has 0 saturated carbocycles. The Balaban J connectivity index is 2.18. The van der Waals surface area contributed by atoms with Gasteiger partial charge in [-0.15, -0.1) is 0 Å². The first-order valence-electron chi connectivity index (χ1n) is 6.86. The lowest BCUT2D eigenvalue weighted by Crippen LogP contribution is -2.36. The summed E-state index contributed by atoms with van der Waals surface area (Å²) in [5.41, 5.74) is 0. The number of amides is 1. The van der Waals surface area contributed by atoms with Crippen LogP contribution in [0.3, 0.4) is 0 Å². The number of unbranched alkanes of at least 4 members (excludes halogenated alkanes) is 1. The minimum atomic E-state index is -0.341. The summed E-state index contributed by atoms with van der Waals surface area (Å²) in [5, 5.41) is 0.380. The van der Waals surface area contributed by atoms with Crippen molar-refractivity contribution in [2.24, 2.45) is 0 Å². The van der Waals surface area contributed by atoms with Crippen LogP contribution in [-0.2, 0) is 14.3 Å². The third-order valence-electron chi connectivity index (χ3n) is 3.37. The molecule has 2 atom stereocenters. The van der Waals surface area contributed by atoms with E-state index in [0.29, 0.717) is 24.7 Å². The molecule has 0 bridgehead atoms. The van der Waals surface area contributed by atoms with Gasteiger partial charge in [-0.25, -0.2) is 0 Å². The highest BCUT2D eigenvalue weighted by atomic mass is 32.1. The van der Waals surface area contributed by atoms with E-state index >= 15 is 0 Å². The zero-order valence-corrected chi connectivity index (χ0v) is 13.0. The summed E-state index contributed by atoms with van der Waals surface area (Å²) < 4.78 is 4.92. The molecule has 1 saturated heterocycles. The second-order valence-electron chi connectivity index (χ2n) is 4.83. The van der Waals surface area contributed by atoms with Crippen LogP contribution in [0.1, 0.15) is 44.9 Å². The van der Waals surface area contributed by atoms with E-state index in [-0.39, 0.29) is 12.1 Å². The van der Waals surface area contributed by atoms with Gasteiger partial charge < -0.3 is 9.64 Å². The van der Waals surface area contributed by atoms with E-state index in [9.17, 15) is 9.59 Å². The molecule has 1 heterocycles. The topological polar surface area (TPSA) is 46.6 Å². The smallest absolute Gasteiger partial charge is 0.295 e. The van der Waals surface area contributed by atoms with Crippen LogP contribution in [-0.4, -0.2) is 41.1 Å². The van der Waals surface area contributed by atoms with E-state index in [2.05, 4.69) is 25.3 Å². The number of carbonyl (C=O) groups is 2. The number of rotatable bonds is 9. The molecule has 1 aliphatic heterocycles. The quantitative estimate of drug-likeness (QED) is 0.390. The van der Waals surface area contributed by atoms with Crippen LogP contribution in [0, 0.1) is 0 Å². The van der Waals surface area contributed by atoms with Gasteiger partial charge in [-0.3, -0.25) is 9.59 Å². The number of likely N-dealkylation sites (tertiary alicyclic amines) is 1. The van der Waals surface area contributed by atoms with E-state index in [4.69, 9.17) is 4.74 Å². The van der Waals surface area contributed by atoms with Crippen molar-refractivity contribution in [3.05, 3.63) is 0 Å². The fourth-order valence-corrected chi connectivity index (χ4v) is 3.15. The zero-order chi connectivity index (χ0) is 14.1. The Hall–Kier alpha value is -0.360. The molecule has 0 aromatic rings. The maximum atomic E-state index is 12.0. The minimum Gasteiger partial charge on any atom is -0.444 e. The van der Waals surface area contributed by atoms with Crippen molar-refractivity contribution in [1.29, 1.82) is 0 Å². The van der Waals surface area contributed by atoms with Gasteiger partial charge in [-0.1, -0.05) is 6.42 Å². The third kappa shape index (κ3) is 6.08. The van der Waals surface area contributed by atoms with Gasteiger partial charge in [0.2, 0.25) is 5.91 Å². The van der Waals surface area contributed by atoms with Crippen LogP contribution >= 0.6 is 25.3 Å². The van der Waals surface area contributed by atoms with Crippen LogP contribution in [0.2, 0.25) is 0 Å². The fraction of sp³-hybridized carbons (Fsp3) is 0.846. The van der Waals surface area contributed by atoms with Crippen LogP contribution in [0.4, 0.5) is 0 Å². The molecule has 1 rings (SSSR count). The molecule has 0 aromatic heterocycles. The predicted octanol–water partition coefficient (Wildman–Crippen LogP) is 2.29. The first-order chi connectivity index (χ1) is 9.19. The average molecular weight is 305 g/mol. The average Bonchev–Trinajstić information content (AvgIpc) is 2.83. The predicted molar refractivity (Wildman–Crippen MR) is 81.6 cm³/mol. The molecule has 1 unspecified atom stereocenters. The lowest BCUT2D eigenvalue weighted by molar-refractivity contribution is -0.150. The highest BCUT2D eigenvalue weighted by Crippen LogP contribution is 2.20. The van der Waals surface area contributed by atoms with E-state index in [1.165, 1.54) is 0 Å². The third-order valence-corrected chi connectivity index (χ3v) is 4.15. The van der Waals surface area contributed by atoms with Crippen molar-refractivity contribution < 1.29 is 14.3 Å². The summed E-state index contributed by atoms with van der Waals surface area (Å²) >= 11 is 8.64. The van der Waals surface area contributed by atoms with Gasteiger partial charge in [0.1, 0.15) is 0 Å². The molecule has 1 fully saturated rings. The Morgan fingerprint density at radius 1 is 1.42 bits per heavy atom. The Morgan fingerprint density at radius 3 is 2.89 bits per heavy atom. The lowest BCUT2D eigenvalue weighted by atomic mass is 10.1. The standard InChI is InChI=1S/C13H23NO3S2/c15-10-17-13-6-3-8-14(13)12(16)5-2-1-4-11(19)7-9-18/h10-11,13,18-19H,1-9H2/t11?,13-/m1/s1. The molecule has 19 heavy (non-hydrogen) atoms. The van der Waals surface area contributed by atoms with Gasteiger partial charge in [0.25, 0.3) is 6.47 Å². The largest absolute Gasteiger partial charge is 0.444 e. The van der Waals surface area contributed by atoms with E-state index in [0.717, 1.165) is 44.3 Å². The number of carbonyl (C=O) groups excluding carboxylic acids is 2. The molecule has 0 spiro atoms.